The number of hydrogen-bond donors (Lipinski definition) is 1. The molecule has 1 atom stereocenters. The molecule has 1 heterocycles. The zero-order chi connectivity index (χ0) is 13.8. The largest absolute Gasteiger partial charge is 0.398 e. The molecule has 1 aromatic heterocycles. The molecule has 7 heteroatoms. The number of aromatic nitrogens is 4. The van der Waals surface area contributed by atoms with Crippen molar-refractivity contribution < 1.29 is 4.74 Å². The molecule has 6 nitrogen and oxygen atoms in total. The van der Waals surface area contributed by atoms with Gasteiger partial charge in [0.2, 0.25) is 0 Å². The first-order valence-electron chi connectivity index (χ1n) is 5.93. The maximum Gasteiger partial charge on any atom is 0.185 e. The fourth-order valence-corrected chi connectivity index (χ4v) is 2.18. The summed E-state index contributed by atoms with van der Waals surface area (Å²) in [6.45, 7) is 3.34. The maximum atomic E-state index is 6.18. The molecule has 0 fully saturated rings. The van der Waals surface area contributed by atoms with Gasteiger partial charge in [0.05, 0.1) is 17.2 Å². The Bertz CT molecular complexity index is 537. The van der Waals surface area contributed by atoms with Crippen LogP contribution in [0, 0.1) is 5.92 Å². The van der Waals surface area contributed by atoms with Crippen LogP contribution in [0.2, 0.25) is 5.02 Å². The van der Waals surface area contributed by atoms with Gasteiger partial charge in [0.1, 0.15) is 0 Å². The Morgan fingerprint density at radius 2 is 2.26 bits per heavy atom. The van der Waals surface area contributed by atoms with E-state index in [0.717, 1.165) is 0 Å². The smallest absolute Gasteiger partial charge is 0.185 e. The van der Waals surface area contributed by atoms with Crippen molar-refractivity contribution in [3.8, 4) is 11.4 Å². The van der Waals surface area contributed by atoms with Crippen molar-refractivity contribution in [3.63, 3.8) is 0 Å². The van der Waals surface area contributed by atoms with Crippen LogP contribution in [0.15, 0.2) is 18.2 Å². The van der Waals surface area contributed by atoms with Gasteiger partial charge in [-0.3, -0.25) is 0 Å². The van der Waals surface area contributed by atoms with Crippen LogP contribution >= 0.6 is 11.6 Å². The average molecular weight is 282 g/mol. The Morgan fingerprint density at radius 3 is 2.95 bits per heavy atom. The molecule has 0 aliphatic rings. The highest BCUT2D eigenvalue weighted by molar-refractivity contribution is 6.33. The summed E-state index contributed by atoms with van der Waals surface area (Å²) < 4.78 is 6.81. The lowest BCUT2D eigenvalue weighted by Crippen LogP contribution is -2.15. The second-order valence-electron chi connectivity index (χ2n) is 4.45. The maximum absolute atomic E-state index is 6.18. The van der Waals surface area contributed by atoms with Gasteiger partial charge >= 0.3 is 0 Å². The summed E-state index contributed by atoms with van der Waals surface area (Å²) in [6, 6.07) is 5.34. The summed E-state index contributed by atoms with van der Waals surface area (Å²) in [5, 5.41) is 12.2. The van der Waals surface area contributed by atoms with Crippen LogP contribution in [0.4, 0.5) is 5.69 Å². The molecule has 19 heavy (non-hydrogen) atoms. The SMILES string of the molecule is COCC(C)Cn1nnnc1-c1c(N)cccc1Cl. The number of tetrazole rings is 1. The number of methoxy groups -OCH3 is 1. The van der Waals surface area contributed by atoms with Gasteiger partial charge in [0, 0.05) is 19.3 Å². The quantitative estimate of drug-likeness (QED) is 0.846. The van der Waals surface area contributed by atoms with E-state index in [4.69, 9.17) is 22.1 Å². The second kappa shape index (κ2) is 5.99. The van der Waals surface area contributed by atoms with Gasteiger partial charge in [-0.05, 0) is 28.5 Å². The third kappa shape index (κ3) is 3.02. The van der Waals surface area contributed by atoms with Crippen LogP contribution in [-0.2, 0) is 11.3 Å². The predicted molar refractivity (Wildman–Crippen MR) is 73.7 cm³/mol. The molecule has 0 aliphatic heterocycles. The van der Waals surface area contributed by atoms with Crippen molar-refractivity contribution in [3.05, 3.63) is 23.2 Å². The highest BCUT2D eigenvalue weighted by Gasteiger charge is 2.16. The van der Waals surface area contributed by atoms with Gasteiger partial charge in [-0.25, -0.2) is 4.68 Å². The van der Waals surface area contributed by atoms with Crippen molar-refractivity contribution in [2.24, 2.45) is 5.92 Å². The number of nitrogens with two attached hydrogens (primary N) is 1. The number of halogens is 1. The lowest BCUT2D eigenvalue weighted by atomic mass is 10.1. The minimum atomic E-state index is 0.288. The van der Waals surface area contributed by atoms with Gasteiger partial charge in [-0.1, -0.05) is 24.6 Å². The van der Waals surface area contributed by atoms with Crippen molar-refractivity contribution in [2.75, 3.05) is 19.5 Å². The van der Waals surface area contributed by atoms with E-state index in [0.29, 0.717) is 35.2 Å². The molecule has 0 aliphatic carbocycles. The van der Waals surface area contributed by atoms with Gasteiger partial charge in [-0.15, -0.1) is 5.10 Å². The molecule has 2 N–H and O–H groups in total. The van der Waals surface area contributed by atoms with Crippen molar-refractivity contribution >= 4 is 17.3 Å². The summed E-state index contributed by atoms with van der Waals surface area (Å²) in [5.74, 6) is 0.863. The van der Waals surface area contributed by atoms with E-state index in [-0.39, 0.29) is 5.92 Å². The zero-order valence-corrected chi connectivity index (χ0v) is 11.6. The van der Waals surface area contributed by atoms with Crippen LogP contribution in [0.3, 0.4) is 0 Å². The first-order chi connectivity index (χ1) is 9.13. The van der Waals surface area contributed by atoms with Crippen LogP contribution in [-0.4, -0.2) is 33.9 Å². The third-order valence-electron chi connectivity index (χ3n) is 2.74. The standard InChI is InChI=1S/C12H16ClN5O/c1-8(7-19-2)6-18-12(15-16-17-18)11-9(13)4-3-5-10(11)14/h3-5,8H,6-7,14H2,1-2H3. The molecule has 2 rings (SSSR count). The number of anilines is 1. The lowest BCUT2D eigenvalue weighted by Gasteiger charge is -2.12. The summed E-state index contributed by atoms with van der Waals surface area (Å²) in [6.07, 6.45) is 0. The predicted octanol–water partition coefficient (Wildman–Crippen LogP) is 1.86. The Hall–Kier alpha value is -1.66. The Kier molecular flexibility index (Phi) is 4.34. The van der Waals surface area contributed by atoms with E-state index in [1.165, 1.54) is 0 Å². The highest BCUT2D eigenvalue weighted by atomic mass is 35.5. The highest BCUT2D eigenvalue weighted by Crippen LogP contribution is 2.31. The molecule has 0 saturated carbocycles. The topological polar surface area (TPSA) is 78.8 Å². The summed E-state index contributed by atoms with van der Waals surface area (Å²) >= 11 is 6.18. The van der Waals surface area contributed by atoms with Gasteiger partial charge < -0.3 is 10.5 Å². The molecule has 2 aromatic rings. The molecular formula is C12H16ClN5O. The van der Waals surface area contributed by atoms with E-state index in [2.05, 4.69) is 22.4 Å². The summed E-state index contributed by atoms with van der Waals surface area (Å²) in [7, 11) is 1.67. The van der Waals surface area contributed by atoms with E-state index in [1.807, 2.05) is 0 Å². The average Bonchev–Trinajstić information content (AvgIpc) is 2.77. The molecule has 0 spiro atoms. The minimum Gasteiger partial charge on any atom is -0.398 e. The first-order valence-corrected chi connectivity index (χ1v) is 6.30. The Labute approximate surface area is 116 Å². The zero-order valence-electron chi connectivity index (χ0n) is 10.9. The number of ether oxygens (including phenoxy) is 1. The normalized spacial score (nSPS) is 12.6. The van der Waals surface area contributed by atoms with Crippen LogP contribution in [0.25, 0.3) is 11.4 Å². The molecule has 0 amide bonds. The molecule has 1 aromatic carbocycles. The number of rotatable bonds is 5. The number of hydrogen-bond acceptors (Lipinski definition) is 5. The number of nitrogens with zero attached hydrogens (tertiary/aromatic N) is 4. The third-order valence-corrected chi connectivity index (χ3v) is 3.05. The second-order valence-corrected chi connectivity index (χ2v) is 4.86. The molecule has 0 radical (unpaired) electrons. The fraction of sp³-hybridized carbons (Fsp3) is 0.417. The van der Waals surface area contributed by atoms with Crippen LogP contribution < -0.4 is 5.73 Å². The van der Waals surface area contributed by atoms with Crippen LogP contribution in [0.5, 0.6) is 0 Å². The van der Waals surface area contributed by atoms with Gasteiger partial charge in [-0.2, -0.15) is 0 Å². The summed E-state index contributed by atoms with van der Waals surface area (Å²) in [4.78, 5) is 0. The lowest BCUT2D eigenvalue weighted by molar-refractivity contribution is 0.149. The molecule has 1 unspecified atom stereocenters. The van der Waals surface area contributed by atoms with E-state index in [9.17, 15) is 0 Å². The summed E-state index contributed by atoms with van der Waals surface area (Å²) in [5.41, 5.74) is 7.18. The number of nitrogen functional groups attached to an aromatic ring is 1. The van der Waals surface area contributed by atoms with Gasteiger partial charge in [0.25, 0.3) is 0 Å². The Balaban J connectivity index is 2.34. The van der Waals surface area contributed by atoms with E-state index >= 15 is 0 Å². The van der Waals surface area contributed by atoms with Gasteiger partial charge in [0.15, 0.2) is 5.82 Å². The minimum absolute atomic E-state index is 0.288. The molecular weight excluding hydrogens is 266 g/mol. The van der Waals surface area contributed by atoms with Crippen LogP contribution in [0.1, 0.15) is 6.92 Å². The molecule has 0 saturated heterocycles. The first kappa shape index (κ1) is 13.8. The Morgan fingerprint density at radius 1 is 1.47 bits per heavy atom. The fourth-order valence-electron chi connectivity index (χ4n) is 1.92. The monoisotopic (exact) mass is 281 g/mol. The van der Waals surface area contributed by atoms with Crippen molar-refractivity contribution in [1.29, 1.82) is 0 Å². The number of benzene rings is 1. The van der Waals surface area contributed by atoms with E-state index in [1.54, 1.807) is 30.0 Å². The molecule has 102 valence electrons. The van der Waals surface area contributed by atoms with Crippen molar-refractivity contribution in [2.45, 2.75) is 13.5 Å². The molecule has 0 bridgehead atoms. The van der Waals surface area contributed by atoms with Crippen molar-refractivity contribution in [1.82, 2.24) is 20.2 Å². The van der Waals surface area contributed by atoms with E-state index < -0.39 is 0 Å².